The van der Waals surface area contributed by atoms with Crippen LogP contribution in [0.1, 0.15) is 11.1 Å². The zero-order valence-electron chi connectivity index (χ0n) is 11.5. The molecule has 0 heterocycles. The van der Waals surface area contributed by atoms with Crippen LogP contribution in [0.5, 0.6) is 0 Å². The van der Waals surface area contributed by atoms with Crippen molar-refractivity contribution in [2.24, 2.45) is 0 Å². The molecule has 0 radical (unpaired) electrons. The van der Waals surface area contributed by atoms with E-state index in [0.717, 1.165) is 5.56 Å². The SMILES string of the molecule is CNS(=O)(=O)c1ccccc1NCc1ccccc1C#N. The van der Waals surface area contributed by atoms with Crippen molar-refractivity contribution in [1.82, 2.24) is 4.72 Å². The lowest BCUT2D eigenvalue weighted by molar-refractivity contribution is 0.588. The van der Waals surface area contributed by atoms with E-state index in [-0.39, 0.29) is 4.90 Å². The topological polar surface area (TPSA) is 82.0 Å². The molecule has 108 valence electrons. The summed E-state index contributed by atoms with van der Waals surface area (Å²) in [5.41, 5.74) is 1.88. The Morgan fingerprint density at radius 3 is 2.48 bits per heavy atom. The lowest BCUT2D eigenvalue weighted by Gasteiger charge is -2.12. The first-order chi connectivity index (χ1) is 10.1. The average molecular weight is 301 g/mol. The highest BCUT2D eigenvalue weighted by Gasteiger charge is 2.15. The van der Waals surface area contributed by atoms with E-state index in [9.17, 15) is 8.42 Å². The van der Waals surface area contributed by atoms with Crippen LogP contribution in [0.2, 0.25) is 0 Å². The minimum absolute atomic E-state index is 0.182. The highest BCUT2D eigenvalue weighted by molar-refractivity contribution is 7.89. The molecule has 0 saturated carbocycles. The van der Waals surface area contributed by atoms with Gasteiger partial charge in [0.05, 0.1) is 17.3 Å². The summed E-state index contributed by atoms with van der Waals surface area (Å²) in [6.07, 6.45) is 0. The number of nitrogens with one attached hydrogen (secondary N) is 2. The monoisotopic (exact) mass is 301 g/mol. The van der Waals surface area contributed by atoms with Crippen LogP contribution < -0.4 is 10.0 Å². The fourth-order valence-corrected chi connectivity index (χ4v) is 2.84. The zero-order valence-corrected chi connectivity index (χ0v) is 12.3. The van der Waals surface area contributed by atoms with E-state index in [4.69, 9.17) is 5.26 Å². The molecule has 0 fully saturated rings. The standard InChI is InChI=1S/C15H15N3O2S/c1-17-21(19,20)15-9-5-4-8-14(15)18-11-13-7-3-2-6-12(13)10-16/h2-9,17-18H,11H2,1H3. The van der Waals surface area contributed by atoms with Crippen LogP contribution in [0.4, 0.5) is 5.69 Å². The van der Waals surface area contributed by atoms with Gasteiger partial charge >= 0.3 is 0 Å². The number of nitrogens with zero attached hydrogens (tertiary/aromatic N) is 1. The summed E-state index contributed by atoms with van der Waals surface area (Å²) in [6, 6.07) is 16.0. The minimum Gasteiger partial charge on any atom is -0.380 e. The van der Waals surface area contributed by atoms with Crippen molar-refractivity contribution in [2.75, 3.05) is 12.4 Å². The summed E-state index contributed by atoms with van der Waals surface area (Å²) in [5, 5.41) is 12.1. The molecule has 6 heteroatoms. The molecule has 5 nitrogen and oxygen atoms in total. The number of nitriles is 1. The van der Waals surface area contributed by atoms with Gasteiger partial charge in [-0.1, -0.05) is 30.3 Å². The van der Waals surface area contributed by atoms with Gasteiger partial charge in [-0.2, -0.15) is 5.26 Å². The van der Waals surface area contributed by atoms with Gasteiger partial charge in [-0.15, -0.1) is 0 Å². The van der Waals surface area contributed by atoms with Gasteiger partial charge in [0, 0.05) is 6.54 Å². The predicted octanol–water partition coefficient (Wildman–Crippen LogP) is 2.08. The summed E-state index contributed by atoms with van der Waals surface area (Å²) in [4.78, 5) is 0.182. The first-order valence-electron chi connectivity index (χ1n) is 6.33. The first kappa shape index (κ1) is 15.0. The van der Waals surface area contributed by atoms with Crippen LogP contribution in [-0.4, -0.2) is 15.5 Å². The number of hydrogen-bond acceptors (Lipinski definition) is 4. The lowest BCUT2D eigenvalue weighted by atomic mass is 10.1. The van der Waals surface area contributed by atoms with Crippen LogP contribution in [0.3, 0.4) is 0 Å². The zero-order chi connectivity index (χ0) is 15.3. The molecule has 2 aromatic rings. The van der Waals surface area contributed by atoms with Crippen LogP contribution in [0.15, 0.2) is 53.4 Å². The Hall–Kier alpha value is -2.36. The Kier molecular flexibility index (Phi) is 4.58. The van der Waals surface area contributed by atoms with E-state index in [1.165, 1.54) is 13.1 Å². The predicted molar refractivity (Wildman–Crippen MR) is 81.2 cm³/mol. The molecule has 2 rings (SSSR count). The van der Waals surface area contributed by atoms with Crippen LogP contribution in [0, 0.1) is 11.3 Å². The summed E-state index contributed by atoms with van der Waals surface area (Å²) in [6.45, 7) is 0.375. The maximum Gasteiger partial charge on any atom is 0.242 e. The fraction of sp³-hybridized carbons (Fsp3) is 0.133. The molecule has 0 bridgehead atoms. The molecule has 2 N–H and O–H groups in total. The van der Waals surface area contributed by atoms with E-state index in [1.54, 1.807) is 30.3 Å². The van der Waals surface area contributed by atoms with E-state index < -0.39 is 10.0 Å². The van der Waals surface area contributed by atoms with Crippen LogP contribution in [-0.2, 0) is 16.6 Å². The van der Waals surface area contributed by atoms with Crippen molar-refractivity contribution in [3.8, 4) is 6.07 Å². The quantitative estimate of drug-likeness (QED) is 0.886. The number of benzene rings is 2. The lowest BCUT2D eigenvalue weighted by Crippen LogP contribution is -2.20. The molecule has 0 amide bonds. The maximum atomic E-state index is 12.0. The Balaban J connectivity index is 2.28. The summed E-state index contributed by atoms with van der Waals surface area (Å²) in [7, 11) is -2.15. The highest BCUT2D eigenvalue weighted by atomic mass is 32.2. The molecule has 0 unspecified atom stereocenters. The largest absolute Gasteiger partial charge is 0.380 e. The number of anilines is 1. The fourth-order valence-electron chi connectivity index (χ4n) is 1.93. The molecule has 0 saturated heterocycles. The Bertz CT molecular complexity index is 780. The van der Waals surface area contributed by atoms with E-state index in [1.807, 2.05) is 12.1 Å². The maximum absolute atomic E-state index is 12.0. The van der Waals surface area contributed by atoms with Crippen LogP contribution >= 0.6 is 0 Å². The number of hydrogen-bond donors (Lipinski definition) is 2. The third-order valence-corrected chi connectivity index (χ3v) is 4.52. The third kappa shape index (κ3) is 3.40. The van der Waals surface area contributed by atoms with E-state index in [2.05, 4.69) is 16.1 Å². The van der Waals surface area contributed by atoms with E-state index >= 15 is 0 Å². The molecule has 21 heavy (non-hydrogen) atoms. The molecule has 0 spiro atoms. The molecular weight excluding hydrogens is 286 g/mol. The summed E-state index contributed by atoms with van der Waals surface area (Å²) >= 11 is 0. The second-order valence-corrected chi connectivity index (χ2v) is 6.18. The number of para-hydroxylation sites is 1. The molecule has 0 aromatic heterocycles. The molecule has 0 aliphatic heterocycles. The van der Waals surface area contributed by atoms with Gasteiger partial charge in [-0.05, 0) is 30.8 Å². The average Bonchev–Trinajstić information content (AvgIpc) is 2.53. The third-order valence-electron chi connectivity index (χ3n) is 3.05. The van der Waals surface area contributed by atoms with Crippen molar-refractivity contribution >= 4 is 15.7 Å². The van der Waals surface area contributed by atoms with Gasteiger partial charge in [0.1, 0.15) is 4.90 Å². The molecular formula is C15H15N3O2S. The Morgan fingerprint density at radius 1 is 1.10 bits per heavy atom. The first-order valence-corrected chi connectivity index (χ1v) is 7.81. The number of sulfonamides is 1. The second-order valence-electron chi connectivity index (χ2n) is 4.33. The molecule has 2 aromatic carbocycles. The van der Waals surface area contributed by atoms with Gasteiger partial charge in [-0.25, -0.2) is 13.1 Å². The minimum atomic E-state index is -3.53. The van der Waals surface area contributed by atoms with Crippen LogP contribution in [0.25, 0.3) is 0 Å². The van der Waals surface area contributed by atoms with Gasteiger partial charge in [0.2, 0.25) is 10.0 Å². The summed E-state index contributed by atoms with van der Waals surface area (Å²) < 4.78 is 26.2. The molecule has 0 atom stereocenters. The molecule has 0 aliphatic rings. The van der Waals surface area contributed by atoms with Gasteiger partial charge in [-0.3, -0.25) is 0 Å². The van der Waals surface area contributed by atoms with Gasteiger partial charge < -0.3 is 5.32 Å². The van der Waals surface area contributed by atoms with Gasteiger partial charge in [0.25, 0.3) is 0 Å². The van der Waals surface area contributed by atoms with Crippen molar-refractivity contribution in [1.29, 1.82) is 5.26 Å². The molecule has 0 aliphatic carbocycles. The van der Waals surface area contributed by atoms with Crippen molar-refractivity contribution < 1.29 is 8.42 Å². The number of rotatable bonds is 5. The van der Waals surface area contributed by atoms with Crippen molar-refractivity contribution in [3.05, 3.63) is 59.7 Å². The second kappa shape index (κ2) is 6.39. The van der Waals surface area contributed by atoms with Crippen molar-refractivity contribution in [3.63, 3.8) is 0 Å². The highest BCUT2D eigenvalue weighted by Crippen LogP contribution is 2.21. The normalized spacial score (nSPS) is 10.9. The van der Waals surface area contributed by atoms with Crippen molar-refractivity contribution in [2.45, 2.75) is 11.4 Å². The summed E-state index contributed by atoms with van der Waals surface area (Å²) in [5.74, 6) is 0. The van der Waals surface area contributed by atoms with E-state index in [0.29, 0.717) is 17.8 Å². The Morgan fingerprint density at radius 2 is 1.76 bits per heavy atom. The smallest absolute Gasteiger partial charge is 0.242 e. The Labute approximate surface area is 124 Å². The van der Waals surface area contributed by atoms with Gasteiger partial charge in [0.15, 0.2) is 0 Å².